The first kappa shape index (κ1) is 14.7. The first-order valence-electron chi connectivity index (χ1n) is 5.75. The molecule has 1 heterocycles. The van der Waals surface area contributed by atoms with Crippen molar-refractivity contribution in [1.29, 1.82) is 0 Å². The van der Waals surface area contributed by atoms with Crippen molar-refractivity contribution in [2.24, 2.45) is 0 Å². The third kappa shape index (κ3) is 3.26. The topological polar surface area (TPSA) is 51.2 Å². The molecule has 0 saturated carbocycles. The number of nitrogens with one attached hydrogen (secondary N) is 1. The Morgan fingerprint density at radius 1 is 1.55 bits per heavy atom. The number of methoxy groups -OCH3 is 1. The molecule has 20 heavy (non-hydrogen) atoms. The Balaban J connectivity index is 2.07. The summed E-state index contributed by atoms with van der Waals surface area (Å²) in [5, 5.41) is 3.75. The van der Waals surface area contributed by atoms with E-state index in [0.717, 1.165) is 5.56 Å². The molecule has 0 spiro atoms. The van der Waals surface area contributed by atoms with E-state index in [1.807, 2.05) is 0 Å². The maximum Gasteiger partial charge on any atom is 0.350 e. The van der Waals surface area contributed by atoms with Crippen molar-refractivity contribution in [3.05, 3.63) is 45.2 Å². The molecule has 106 valence electrons. The fraction of sp³-hybridized carbons (Fsp3) is 0.231. The molecule has 0 aliphatic carbocycles. The standard InChI is InChI=1S/C13H12ClFN2O2S/c1-7-11(12(18)19-2)20-13(17-7)16-6-8-3-4-10(15)9(14)5-8/h3-5H,6H2,1-2H3,(H,16,17). The van der Waals surface area contributed by atoms with E-state index >= 15 is 0 Å². The lowest BCUT2D eigenvalue weighted by atomic mass is 10.2. The van der Waals surface area contributed by atoms with Crippen molar-refractivity contribution in [1.82, 2.24) is 4.98 Å². The molecule has 2 rings (SSSR count). The third-order valence-corrected chi connectivity index (χ3v) is 3.98. The lowest BCUT2D eigenvalue weighted by Gasteiger charge is -2.03. The van der Waals surface area contributed by atoms with Crippen LogP contribution in [-0.2, 0) is 11.3 Å². The summed E-state index contributed by atoms with van der Waals surface area (Å²) in [6.07, 6.45) is 0. The highest BCUT2D eigenvalue weighted by molar-refractivity contribution is 7.17. The molecule has 0 amide bonds. The maximum atomic E-state index is 13.0. The van der Waals surface area contributed by atoms with E-state index < -0.39 is 11.8 Å². The van der Waals surface area contributed by atoms with Gasteiger partial charge in [-0.1, -0.05) is 29.0 Å². The normalized spacial score (nSPS) is 10.4. The lowest BCUT2D eigenvalue weighted by molar-refractivity contribution is 0.0605. The van der Waals surface area contributed by atoms with Gasteiger partial charge >= 0.3 is 5.97 Å². The van der Waals surface area contributed by atoms with E-state index in [0.29, 0.717) is 22.2 Å². The zero-order valence-corrected chi connectivity index (χ0v) is 12.4. The van der Waals surface area contributed by atoms with Gasteiger partial charge in [0.2, 0.25) is 0 Å². The van der Waals surface area contributed by atoms with Crippen LogP contribution in [0.1, 0.15) is 20.9 Å². The number of anilines is 1. The second-order valence-corrected chi connectivity index (χ2v) is 5.43. The van der Waals surface area contributed by atoms with Gasteiger partial charge in [0.25, 0.3) is 0 Å². The molecular formula is C13H12ClFN2O2S. The Hall–Kier alpha value is -1.66. The summed E-state index contributed by atoms with van der Waals surface area (Å²) < 4.78 is 17.7. The number of halogens is 2. The number of thiazole rings is 1. The average Bonchev–Trinajstić information content (AvgIpc) is 2.80. The van der Waals surface area contributed by atoms with Crippen molar-refractivity contribution in [2.75, 3.05) is 12.4 Å². The maximum absolute atomic E-state index is 13.0. The predicted octanol–water partition coefficient (Wildman–Crippen LogP) is 3.64. The quantitative estimate of drug-likeness (QED) is 0.875. The van der Waals surface area contributed by atoms with E-state index in [2.05, 4.69) is 15.0 Å². The number of hydrogen-bond acceptors (Lipinski definition) is 5. The van der Waals surface area contributed by atoms with Gasteiger partial charge in [0, 0.05) is 6.54 Å². The van der Waals surface area contributed by atoms with Gasteiger partial charge in [-0.3, -0.25) is 0 Å². The van der Waals surface area contributed by atoms with Crippen LogP contribution < -0.4 is 5.32 Å². The molecule has 0 radical (unpaired) electrons. The number of ether oxygens (including phenoxy) is 1. The van der Waals surface area contributed by atoms with Crippen LogP contribution in [0.25, 0.3) is 0 Å². The van der Waals surface area contributed by atoms with Crippen LogP contribution in [0.4, 0.5) is 9.52 Å². The van der Waals surface area contributed by atoms with Gasteiger partial charge in [0.05, 0.1) is 17.8 Å². The molecule has 0 fully saturated rings. The van der Waals surface area contributed by atoms with Gasteiger partial charge in [-0.25, -0.2) is 14.2 Å². The summed E-state index contributed by atoms with van der Waals surface area (Å²) in [4.78, 5) is 16.2. The van der Waals surface area contributed by atoms with Gasteiger partial charge in [0.1, 0.15) is 10.7 Å². The Bertz CT molecular complexity index is 645. The average molecular weight is 315 g/mol. The largest absolute Gasteiger partial charge is 0.465 e. The third-order valence-electron chi connectivity index (χ3n) is 2.60. The van der Waals surface area contributed by atoms with E-state index in [1.54, 1.807) is 19.1 Å². The summed E-state index contributed by atoms with van der Waals surface area (Å²) in [7, 11) is 1.33. The number of carbonyl (C=O) groups is 1. The first-order chi connectivity index (χ1) is 9.51. The molecule has 1 aromatic heterocycles. The molecule has 1 aromatic carbocycles. The van der Waals surface area contributed by atoms with Crippen LogP contribution in [0.15, 0.2) is 18.2 Å². The Morgan fingerprint density at radius 3 is 2.95 bits per heavy atom. The second kappa shape index (κ2) is 6.19. The minimum absolute atomic E-state index is 0.0786. The second-order valence-electron chi connectivity index (χ2n) is 4.03. The summed E-state index contributed by atoms with van der Waals surface area (Å²) in [5.41, 5.74) is 1.44. The monoisotopic (exact) mass is 314 g/mol. The van der Waals surface area contributed by atoms with Crippen LogP contribution in [-0.4, -0.2) is 18.1 Å². The number of aryl methyl sites for hydroxylation is 1. The molecule has 7 heteroatoms. The van der Waals surface area contributed by atoms with Crippen LogP contribution in [0.2, 0.25) is 5.02 Å². The summed E-state index contributed by atoms with van der Waals surface area (Å²) >= 11 is 6.92. The number of aromatic nitrogens is 1. The molecule has 0 aliphatic rings. The van der Waals surface area contributed by atoms with Gasteiger partial charge in [-0.2, -0.15) is 0 Å². The molecule has 0 unspecified atom stereocenters. The molecule has 0 bridgehead atoms. The van der Waals surface area contributed by atoms with Crippen LogP contribution in [0, 0.1) is 12.7 Å². The van der Waals surface area contributed by atoms with E-state index in [-0.39, 0.29) is 5.02 Å². The zero-order valence-electron chi connectivity index (χ0n) is 10.9. The van der Waals surface area contributed by atoms with Crippen molar-refractivity contribution in [3.8, 4) is 0 Å². The minimum Gasteiger partial charge on any atom is -0.465 e. The Morgan fingerprint density at radius 2 is 2.30 bits per heavy atom. The van der Waals surface area contributed by atoms with E-state index in [1.165, 1.54) is 24.5 Å². The Labute approximate surface area is 124 Å². The number of hydrogen-bond donors (Lipinski definition) is 1. The minimum atomic E-state index is -0.450. The molecule has 0 saturated heterocycles. The zero-order chi connectivity index (χ0) is 14.7. The number of benzene rings is 1. The van der Waals surface area contributed by atoms with Crippen molar-refractivity contribution < 1.29 is 13.9 Å². The number of carbonyl (C=O) groups excluding carboxylic acids is 1. The van der Waals surface area contributed by atoms with Crippen molar-refractivity contribution >= 4 is 34.0 Å². The first-order valence-corrected chi connectivity index (χ1v) is 6.94. The molecule has 0 atom stereocenters. The molecule has 2 aromatic rings. The highest BCUT2D eigenvalue weighted by Gasteiger charge is 2.15. The molecular weight excluding hydrogens is 303 g/mol. The fourth-order valence-corrected chi connectivity index (χ4v) is 2.66. The molecule has 4 nitrogen and oxygen atoms in total. The van der Waals surface area contributed by atoms with Gasteiger partial charge < -0.3 is 10.1 Å². The SMILES string of the molecule is COC(=O)c1sc(NCc2ccc(F)c(Cl)c2)nc1C. The number of esters is 1. The summed E-state index contributed by atoms with van der Waals surface area (Å²) in [5.74, 6) is -0.855. The fourth-order valence-electron chi connectivity index (χ4n) is 1.58. The lowest BCUT2D eigenvalue weighted by Crippen LogP contribution is -1.99. The smallest absolute Gasteiger partial charge is 0.350 e. The highest BCUT2D eigenvalue weighted by atomic mass is 35.5. The van der Waals surface area contributed by atoms with E-state index in [4.69, 9.17) is 11.6 Å². The van der Waals surface area contributed by atoms with E-state index in [9.17, 15) is 9.18 Å². The van der Waals surface area contributed by atoms with Gasteiger partial charge in [-0.05, 0) is 24.6 Å². The van der Waals surface area contributed by atoms with Crippen LogP contribution in [0.3, 0.4) is 0 Å². The highest BCUT2D eigenvalue weighted by Crippen LogP contribution is 2.24. The van der Waals surface area contributed by atoms with Crippen LogP contribution >= 0.6 is 22.9 Å². The van der Waals surface area contributed by atoms with Gasteiger partial charge in [0.15, 0.2) is 5.13 Å². The van der Waals surface area contributed by atoms with Crippen LogP contribution in [0.5, 0.6) is 0 Å². The number of rotatable bonds is 4. The van der Waals surface area contributed by atoms with Crippen molar-refractivity contribution in [2.45, 2.75) is 13.5 Å². The Kier molecular flexibility index (Phi) is 4.57. The summed E-state index contributed by atoms with van der Waals surface area (Å²) in [6.45, 7) is 2.18. The molecule has 0 aliphatic heterocycles. The predicted molar refractivity (Wildman–Crippen MR) is 76.9 cm³/mol. The summed E-state index contributed by atoms with van der Waals surface area (Å²) in [6, 6.07) is 4.49. The molecule has 1 N–H and O–H groups in total. The van der Waals surface area contributed by atoms with Crippen molar-refractivity contribution in [3.63, 3.8) is 0 Å². The van der Waals surface area contributed by atoms with Gasteiger partial charge in [-0.15, -0.1) is 0 Å². The number of nitrogens with zero attached hydrogens (tertiary/aromatic N) is 1.